The minimum absolute atomic E-state index is 0.209. The molecule has 4 nitrogen and oxygen atoms in total. The molecule has 0 amide bonds. The third-order valence-corrected chi connectivity index (χ3v) is 8.92. The van der Waals surface area contributed by atoms with Crippen LogP contribution in [0.3, 0.4) is 0 Å². The van der Waals surface area contributed by atoms with Crippen molar-refractivity contribution in [1.29, 1.82) is 0 Å². The molecule has 5 rings (SSSR count). The lowest BCUT2D eigenvalue weighted by Gasteiger charge is -2.54. The second-order valence-corrected chi connectivity index (χ2v) is 9.48. The Labute approximate surface area is 157 Å². The van der Waals surface area contributed by atoms with Crippen LogP contribution in [-0.4, -0.2) is 39.0 Å². The van der Waals surface area contributed by atoms with Gasteiger partial charge < -0.3 is 18.9 Å². The fraction of sp³-hybridized carbons (Fsp3) is 0.909. The van der Waals surface area contributed by atoms with E-state index in [2.05, 4.69) is 6.92 Å². The van der Waals surface area contributed by atoms with Gasteiger partial charge in [-0.15, -0.1) is 0 Å². The summed E-state index contributed by atoms with van der Waals surface area (Å²) in [4.78, 5) is 0. The van der Waals surface area contributed by atoms with E-state index >= 15 is 0 Å². The van der Waals surface area contributed by atoms with Crippen molar-refractivity contribution in [3.8, 4) is 0 Å². The van der Waals surface area contributed by atoms with Crippen LogP contribution in [0, 0.1) is 23.2 Å². The molecule has 26 heavy (non-hydrogen) atoms. The second kappa shape index (κ2) is 6.04. The zero-order valence-corrected chi connectivity index (χ0v) is 16.6. The van der Waals surface area contributed by atoms with Crippen molar-refractivity contribution < 1.29 is 18.9 Å². The molecule has 1 saturated heterocycles. The summed E-state index contributed by atoms with van der Waals surface area (Å²) in [6, 6.07) is 0. The molecular formula is C22H34O4. The SMILES string of the molecule is COC1(OC)CCC2=C(CC[C@@H]3[C@@H]2CC[C@@]2(C)[C@H]3CCC23OCCO3)C1. The van der Waals surface area contributed by atoms with Crippen LogP contribution in [0.5, 0.6) is 0 Å². The fourth-order valence-corrected chi connectivity index (χ4v) is 7.51. The van der Waals surface area contributed by atoms with Gasteiger partial charge in [-0.25, -0.2) is 0 Å². The maximum atomic E-state index is 6.25. The first-order valence-electron chi connectivity index (χ1n) is 10.7. The molecule has 4 atom stereocenters. The lowest BCUT2D eigenvalue weighted by molar-refractivity contribution is -0.239. The van der Waals surface area contributed by atoms with Crippen molar-refractivity contribution in [2.24, 2.45) is 23.2 Å². The zero-order valence-electron chi connectivity index (χ0n) is 16.6. The number of methoxy groups -OCH3 is 2. The fourth-order valence-electron chi connectivity index (χ4n) is 7.51. The minimum atomic E-state index is -0.377. The van der Waals surface area contributed by atoms with Crippen LogP contribution in [0.4, 0.5) is 0 Å². The maximum absolute atomic E-state index is 6.25. The van der Waals surface area contributed by atoms with Gasteiger partial charge in [0.05, 0.1) is 13.2 Å². The number of ether oxygens (including phenoxy) is 4. The van der Waals surface area contributed by atoms with Crippen LogP contribution < -0.4 is 0 Å². The van der Waals surface area contributed by atoms with E-state index in [1.807, 2.05) is 0 Å². The van der Waals surface area contributed by atoms with Crippen molar-refractivity contribution in [1.82, 2.24) is 0 Å². The number of rotatable bonds is 2. The zero-order chi connectivity index (χ0) is 18.0. The van der Waals surface area contributed by atoms with Crippen molar-refractivity contribution in [3.05, 3.63) is 11.1 Å². The van der Waals surface area contributed by atoms with Gasteiger partial charge in [-0.05, 0) is 56.3 Å². The first kappa shape index (κ1) is 17.7. The van der Waals surface area contributed by atoms with Gasteiger partial charge >= 0.3 is 0 Å². The summed E-state index contributed by atoms with van der Waals surface area (Å²) in [6.07, 6.45) is 10.6. The Morgan fingerprint density at radius 3 is 2.42 bits per heavy atom. The molecule has 2 saturated carbocycles. The highest BCUT2D eigenvalue weighted by Crippen LogP contribution is 2.66. The number of hydrogen-bond donors (Lipinski definition) is 0. The second-order valence-electron chi connectivity index (χ2n) is 9.48. The Balaban J connectivity index is 1.42. The highest BCUT2D eigenvalue weighted by Gasteiger charge is 2.65. The molecule has 0 N–H and O–H groups in total. The van der Waals surface area contributed by atoms with Gasteiger partial charge in [-0.3, -0.25) is 0 Å². The third-order valence-electron chi connectivity index (χ3n) is 8.92. The molecule has 4 heteroatoms. The first-order valence-corrected chi connectivity index (χ1v) is 10.7. The normalized spacial score (nSPS) is 43.3. The van der Waals surface area contributed by atoms with Gasteiger partial charge in [0, 0.05) is 38.9 Å². The average molecular weight is 363 g/mol. The van der Waals surface area contributed by atoms with Gasteiger partial charge in [0.1, 0.15) is 0 Å². The van der Waals surface area contributed by atoms with Crippen LogP contribution in [0.15, 0.2) is 11.1 Å². The van der Waals surface area contributed by atoms with Crippen LogP contribution in [0.25, 0.3) is 0 Å². The van der Waals surface area contributed by atoms with Gasteiger partial charge in [-0.2, -0.15) is 0 Å². The molecule has 4 aliphatic carbocycles. The Morgan fingerprint density at radius 1 is 0.923 bits per heavy atom. The molecule has 1 heterocycles. The van der Waals surface area contributed by atoms with Crippen molar-refractivity contribution in [2.75, 3.05) is 27.4 Å². The van der Waals surface area contributed by atoms with Crippen LogP contribution in [0.1, 0.15) is 64.7 Å². The summed E-state index contributed by atoms with van der Waals surface area (Å²) in [7, 11) is 3.60. The van der Waals surface area contributed by atoms with E-state index in [-0.39, 0.29) is 17.0 Å². The minimum Gasteiger partial charge on any atom is -0.353 e. The van der Waals surface area contributed by atoms with E-state index in [1.54, 1.807) is 25.4 Å². The van der Waals surface area contributed by atoms with E-state index in [9.17, 15) is 0 Å². The lowest BCUT2D eigenvalue weighted by atomic mass is 9.53. The number of allylic oxidation sites excluding steroid dienone is 1. The topological polar surface area (TPSA) is 36.9 Å². The quantitative estimate of drug-likeness (QED) is 0.538. The molecule has 1 spiro atoms. The molecular weight excluding hydrogens is 328 g/mol. The largest absolute Gasteiger partial charge is 0.353 e. The molecule has 3 fully saturated rings. The summed E-state index contributed by atoms with van der Waals surface area (Å²) in [5, 5.41) is 0. The predicted molar refractivity (Wildman–Crippen MR) is 98.5 cm³/mol. The molecule has 0 aromatic heterocycles. The van der Waals surface area contributed by atoms with E-state index < -0.39 is 0 Å². The predicted octanol–water partition coefficient (Wildman–Crippen LogP) is 4.44. The Hall–Kier alpha value is -0.420. The smallest absolute Gasteiger partial charge is 0.174 e. The van der Waals surface area contributed by atoms with Crippen LogP contribution in [0.2, 0.25) is 0 Å². The van der Waals surface area contributed by atoms with Gasteiger partial charge in [0.2, 0.25) is 0 Å². The van der Waals surface area contributed by atoms with Crippen LogP contribution in [-0.2, 0) is 18.9 Å². The highest BCUT2D eigenvalue weighted by molar-refractivity contribution is 5.28. The average Bonchev–Trinajstić information content (AvgIpc) is 3.27. The lowest BCUT2D eigenvalue weighted by Crippen LogP contribution is -2.52. The van der Waals surface area contributed by atoms with Crippen molar-refractivity contribution >= 4 is 0 Å². The molecule has 0 aromatic rings. The highest BCUT2D eigenvalue weighted by atomic mass is 16.7. The molecule has 5 aliphatic rings. The molecule has 0 unspecified atom stereocenters. The van der Waals surface area contributed by atoms with E-state index in [0.717, 1.165) is 56.7 Å². The third kappa shape index (κ3) is 2.22. The number of hydrogen-bond acceptors (Lipinski definition) is 4. The molecule has 0 bridgehead atoms. The van der Waals surface area contributed by atoms with Crippen molar-refractivity contribution in [3.63, 3.8) is 0 Å². The summed E-state index contributed by atoms with van der Waals surface area (Å²) in [5.41, 5.74) is 3.62. The maximum Gasteiger partial charge on any atom is 0.174 e. The first-order chi connectivity index (χ1) is 12.6. The van der Waals surface area contributed by atoms with Gasteiger partial charge in [0.25, 0.3) is 0 Å². The van der Waals surface area contributed by atoms with E-state index in [0.29, 0.717) is 0 Å². The Morgan fingerprint density at radius 2 is 1.69 bits per heavy atom. The molecule has 0 radical (unpaired) electrons. The summed E-state index contributed by atoms with van der Waals surface area (Å²) < 4.78 is 24.0. The van der Waals surface area contributed by atoms with Crippen LogP contribution >= 0.6 is 0 Å². The van der Waals surface area contributed by atoms with E-state index in [4.69, 9.17) is 18.9 Å². The summed E-state index contributed by atoms with van der Waals surface area (Å²) in [5.74, 6) is 1.70. The standard InChI is InChI=1S/C22H34O4/c1-20-9-6-17-16-7-10-21(23-2,24-3)14-15(16)4-5-18(17)19(20)8-11-22(20)25-12-13-26-22/h17-19H,4-14H2,1-3H3/t17-,18-,19+,20+/m1/s1. The Bertz CT molecular complexity index is 601. The van der Waals surface area contributed by atoms with E-state index in [1.165, 1.54) is 32.1 Å². The summed E-state index contributed by atoms with van der Waals surface area (Å²) >= 11 is 0. The molecule has 146 valence electrons. The monoisotopic (exact) mass is 362 g/mol. The molecule has 0 aromatic carbocycles. The number of fused-ring (bicyclic) bond motifs is 5. The van der Waals surface area contributed by atoms with Gasteiger partial charge in [0.15, 0.2) is 11.6 Å². The molecule has 1 aliphatic heterocycles. The summed E-state index contributed by atoms with van der Waals surface area (Å²) in [6.45, 7) is 4.03. The van der Waals surface area contributed by atoms with Gasteiger partial charge in [-0.1, -0.05) is 18.1 Å². The van der Waals surface area contributed by atoms with Crippen molar-refractivity contribution in [2.45, 2.75) is 76.3 Å². The Kier molecular flexibility index (Phi) is 4.10.